The van der Waals surface area contributed by atoms with Gasteiger partial charge in [-0.3, -0.25) is 24.0 Å². The van der Waals surface area contributed by atoms with Gasteiger partial charge in [0.25, 0.3) is 0 Å². The summed E-state index contributed by atoms with van der Waals surface area (Å²) in [6, 6.07) is 29.0. The van der Waals surface area contributed by atoms with Gasteiger partial charge in [-0.1, -0.05) is 123 Å². The lowest BCUT2D eigenvalue weighted by molar-refractivity contribution is -0.156. The van der Waals surface area contributed by atoms with Crippen LogP contribution in [0.25, 0.3) is 10.4 Å². The smallest absolute Gasteiger partial charge is 0.308 e. The van der Waals surface area contributed by atoms with E-state index < -0.39 is 85.7 Å². The number of ketones is 2. The molecule has 0 fully saturated rings. The first kappa shape index (κ1) is 60.6. The minimum atomic E-state index is -2.54. The molecule has 2 N–H and O–H groups in total. The first-order valence-corrected chi connectivity index (χ1v) is 26.8. The average molecular weight is 1010 g/mol. The number of Topliss-reactive ketones (excluding diaryl/α,β-unsaturated/α-hetero) is 2. The molecule has 3 aromatic carbocycles. The summed E-state index contributed by atoms with van der Waals surface area (Å²) in [6.07, 6.45) is -0.0981. The molecule has 3 aromatic rings. The van der Waals surface area contributed by atoms with Crippen LogP contribution in [0.15, 0.2) is 96.1 Å². The molecule has 0 spiro atoms. The van der Waals surface area contributed by atoms with E-state index in [1.54, 1.807) is 34.6 Å². The van der Waals surface area contributed by atoms with E-state index in [1.807, 2.05) is 63.2 Å². The van der Waals surface area contributed by atoms with Gasteiger partial charge in [0, 0.05) is 35.8 Å². The number of hydrogen-bond donors (Lipinski definition) is 2. The molecule has 0 bridgehead atoms. The van der Waals surface area contributed by atoms with Crippen LogP contribution in [0.4, 0.5) is 0 Å². The number of benzene rings is 3. The lowest BCUT2D eigenvalue weighted by Gasteiger charge is -2.39. The molecule has 3 atom stereocenters. The quantitative estimate of drug-likeness (QED) is 0.0132. The Labute approximate surface area is 428 Å². The van der Waals surface area contributed by atoms with Crippen molar-refractivity contribution < 1.29 is 47.7 Å². The summed E-state index contributed by atoms with van der Waals surface area (Å²) >= 11 is 0. The third-order valence-electron chi connectivity index (χ3n) is 11.7. The van der Waals surface area contributed by atoms with Crippen LogP contribution in [0.3, 0.4) is 0 Å². The van der Waals surface area contributed by atoms with Gasteiger partial charge in [0.1, 0.15) is 24.6 Å². The maximum absolute atomic E-state index is 14.3. The molecule has 0 aliphatic carbocycles. The summed E-state index contributed by atoms with van der Waals surface area (Å²) in [4.78, 5) is 71.4. The van der Waals surface area contributed by atoms with Crippen LogP contribution in [0.5, 0.6) is 0 Å². The first-order valence-electron chi connectivity index (χ1n) is 24.8. The van der Waals surface area contributed by atoms with Gasteiger partial charge in [-0.15, -0.1) is 5.54 Å². The number of rotatable bonds is 29. The molecular weight excluding hydrogens is 931 g/mol. The minimum Gasteiger partial charge on any atom is -0.460 e. The van der Waals surface area contributed by atoms with Gasteiger partial charge in [0.15, 0.2) is 5.78 Å². The first-order chi connectivity index (χ1) is 33.9. The van der Waals surface area contributed by atoms with Gasteiger partial charge in [-0.25, -0.2) is 0 Å². The summed E-state index contributed by atoms with van der Waals surface area (Å²) in [7, 11) is -2.54. The highest BCUT2D eigenvalue weighted by molar-refractivity contribution is 7.10. The Balaban J connectivity index is 1.64. The Morgan fingerprint density at radius 2 is 1.26 bits per heavy atom. The van der Waals surface area contributed by atoms with Crippen molar-refractivity contribution in [2.75, 3.05) is 52.8 Å². The fourth-order valence-corrected chi connectivity index (χ4v) is 12.7. The number of nitrogens with one attached hydrogen (secondary N) is 2. The SMILES string of the molecule is CC(C)(C)OC[C@H](CC(=O)[C@H](CC(=O)OC(C)(C)C)NC(=O)COCCOCCOCC#C[Si](c1ccccc1)(c1ccccc1)C(C)(C)C)C(=O)NC(C)(C)[C@@H](Cc1ccccc1)C(=O)CCCN=[N+]=[N-]. The van der Waals surface area contributed by atoms with Crippen molar-refractivity contribution in [3.8, 4) is 11.5 Å². The number of nitrogens with zero attached hydrogens (tertiary/aromatic N) is 3. The van der Waals surface area contributed by atoms with E-state index in [0.29, 0.717) is 19.4 Å². The van der Waals surface area contributed by atoms with Crippen molar-refractivity contribution in [3.05, 3.63) is 107 Å². The maximum atomic E-state index is 14.3. The molecule has 0 saturated heterocycles. The van der Waals surface area contributed by atoms with Gasteiger partial charge < -0.3 is 34.3 Å². The Morgan fingerprint density at radius 3 is 1.81 bits per heavy atom. The topological polar surface area (TPSA) is 204 Å². The zero-order valence-electron chi connectivity index (χ0n) is 44.5. The molecule has 3 rings (SSSR count). The lowest BCUT2D eigenvalue weighted by Crippen LogP contribution is -2.63. The van der Waals surface area contributed by atoms with Crippen molar-refractivity contribution in [3.63, 3.8) is 0 Å². The monoisotopic (exact) mass is 1010 g/mol. The number of carbonyl (C=O) groups is 5. The highest BCUT2D eigenvalue weighted by Gasteiger charge is 2.47. The van der Waals surface area contributed by atoms with E-state index in [1.165, 1.54) is 10.4 Å². The number of esters is 1. The predicted octanol–water partition coefficient (Wildman–Crippen LogP) is 7.66. The zero-order chi connectivity index (χ0) is 53.4. The van der Waals surface area contributed by atoms with Gasteiger partial charge in [-0.05, 0) is 94.7 Å². The molecule has 0 saturated carbocycles. The Morgan fingerprint density at radius 1 is 0.708 bits per heavy atom. The summed E-state index contributed by atoms with van der Waals surface area (Å²) in [6.45, 7) is 21.4. The Hall–Kier alpha value is -5.66. The van der Waals surface area contributed by atoms with Crippen molar-refractivity contribution in [1.82, 2.24) is 10.6 Å². The summed E-state index contributed by atoms with van der Waals surface area (Å²) < 4.78 is 28.7. The van der Waals surface area contributed by atoms with Crippen molar-refractivity contribution in [2.45, 2.75) is 136 Å². The molecule has 15 nitrogen and oxygen atoms in total. The van der Waals surface area contributed by atoms with E-state index in [9.17, 15) is 24.0 Å². The van der Waals surface area contributed by atoms with E-state index in [4.69, 9.17) is 29.2 Å². The predicted molar refractivity (Wildman–Crippen MR) is 283 cm³/mol. The van der Waals surface area contributed by atoms with Crippen molar-refractivity contribution in [1.29, 1.82) is 0 Å². The van der Waals surface area contributed by atoms with E-state index in [-0.39, 0.29) is 56.8 Å². The maximum Gasteiger partial charge on any atom is 0.308 e. The number of azide groups is 1. The normalized spacial score (nSPS) is 13.3. The molecule has 0 aliphatic heterocycles. The molecule has 2 amide bonds. The molecular formula is C56H79N5O10Si. The molecule has 0 heterocycles. The molecule has 0 radical (unpaired) electrons. The summed E-state index contributed by atoms with van der Waals surface area (Å²) in [5.74, 6) is -1.07. The van der Waals surface area contributed by atoms with Crippen molar-refractivity contribution >= 4 is 47.8 Å². The molecule has 0 aliphatic rings. The van der Waals surface area contributed by atoms with Gasteiger partial charge in [0.05, 0.1) is 57.0 Å². The molecule has 392 valence electrons. The van der Waals surface area contributed by atoms with E-state index >= 15 is 0 Å². The molecule has 0 aromatic heterocycles. The second-order valence-corrected chi connectivity index (χ2v) is 25.8. The fourth-order valence-electron chi connectivity index (χ4n) is 8.20. The number of amides is 2. The highest BCUT2D eigenvalue weighted by Crippen LogP contribution is 2.35. The summed E-state index contributed by atoms with van der Waals surface area (Å²) in [5, 5.41) is 11.6. The fraction of sp³-hybridized carbons (Fsp3) is 0.554. The Bertz CT molecular complexity index is 2250. The number of ether oxygens (including phenoxy) is 5. The average Bonchev–Trinajstić information content (AvgIpc) is 3.30. The number of carbonyl (C=O) groups excluding carboxylic acids is 5. The van der Waals surface area contributed by atoms with Gasteiger partial charge in [0.2, 0.25) is 19.9 Å². The second-order valence-electron chi connectivity index (χ2n) is 21.4. The van der Waals surface area contributed by atoms with Gasteiger partial charge >= 0.3 is 5.97 Å². The van der Waals surface area contributed by atoms with Crippen LogP contribution in [-0.2, 0) is 54.1 Å². The summed E-state index contributed by atoms with van der Waals surface area (Å²) in [5.41, 5.74) is 10.7. The van der Waals surface area contributed by atoms with Crippen LogP contribution in [-0.4, -0.2) is 113 Å². The largest absolute Gasteiger partial charge is 0.460 e. The third-order valence-corrected chi connectivity index (χ3v) is 16.9. The van der Waals surface area contributed by atoms with Crippen LogP contribution >= 0.6 is 0 Å². The highest BCUT2D eigenvalue weighted by atomic mass is 28.3. The molecule has 0 unspecified atom stereocenters. The molecule has 72 heavy (non-hydrogen) atoms. The van der Waals surface area contributed by atoms with E-state index in [0.717, 1.165) is 5.56 Å². The minimum absolute atomic E-state index is 0.0650. The third kappa shape index (κ3) is 21.2. The Kier molecular flexibility index (Phi) is 24.5. The zero-order valence-corrected chi connectivity index (χ0v) is 45.5. The molecule has 16 heteroatoms. The second kappa shape index (κ2) is 29.1. The van der Waals surface area contributed by atoms with Crippen LogP contribution in [0.2, 0.25) is 5.04 Å². The number of hydrogen-bond acceptors (Lipinski definition) is 11. The van der Waals surface area contributed by atoms with Crippen LogP contribution in [0.1, 0.15) is 107 Å². The van der Waals surface area contributed by atoms with Crippen LogP contribution < -0.4 is 21.0 Å². The van der Waals surface area contributed by atoms with Gasteiger partial charge in [-0.2, -0.15) is 0 Å². The standard InChI is InChI=1S/C56H79N5O10Si/c1-53(2,3)70-40-43(52(66)60-56(10,11)46(37-42-23-15-12-16-24-42)48(62)29-21-30-58-61-57)38-49(63)47(39-51(65)71-54(4,5)6)59-50(64)41-69-35-34-68-33-32-67-31-22-36-72(55(7,8)9,44-25-17-13-18-26-44)45-27-19-14-20-28-45/h12-20,23-28,43,46-47H,21,29-35,37-41H2,1-11H3,(H,59,64)(H,60,66)/t43-,46-,47-/m0/s1. The van der Waals surface area contributed by atoms with E-state index in [2.05, 4.69) is 101 Å². The van der Waals surface area contributed by atoms with Crippen LogP contribution in [0, 0.1) is 23.3 Å². The van der Waals surface area contributed by atoms with Crippen molar-refractivity contribution in [2.24, 2.45) is 17.0 Å². The lowest BCUT2D eigenvalue weighted by atomic mass is 9.78.